The number of carbonyl (C=O) groups excluding carboxylic acids is 1. The quantitative estimate of drug-likeness (QED) is 0.275. The van der Waals surface area contributed by atoms with Crippen molar-refractivity contribution in [2.24, 2.45) is 5.92 Å². The van der Waals surface area contributed by atoms with Crippen molar-refractivity contribution in [3.8, 4) is 5.75 Å². The maximum Gasteiger partial charge on any atom is 0.313 e. The van der Waals surface area contributed by atoms with Gasteiger partial charge >= 0.3 is 5.97 Å². The number of benzene rings is 3. The molecule has 7 heteroatoms. The lowest BCUT2D eigenvalue weighted by atomic mass is 9.97. The van der Waals surface area contributed by atoms with Crippen LogP contribution in [-0.2, 0) is 20.7 Å². The highest BCUT2D eigenvalue weighted by Crippen LogP contribution is 2.34. The maximum absolute atomic E-state index is 12.6. The summed E-state index contributed by atoms with van der Waals surface area (Å²) in [5.41, 5.74) is 3.40. The predicted molar refractivity (Wildman–Crippen MR) is 152 cm³/mol. The predicted octanol–water partition coefficient (Wildman–Crippen LogP) is 6.84. The molecule has 0 spiro atoms. The first-order valence-corrected chi connectivity index (χ1v) is 13.1. The van der Waals surface area contributed by atoms with Crippen molar-refractivity contribution in [3.63, 3.8) is 0 Å². The molecule has 37 heavy (non-hydrogen) atoms. The highest BCUT2D eigenvalue weighted by Gasteiger charge is 2.23. The molecule has 3 aromatic rings. The molecule has 0 aromatic heterocycles. The number of morpholine rings is 1. The first-order chi connectivity index (χ1) is 17.4. The smallest absolute Gasteiger partial charge is 0.313 e. The van der Waals surface area contributed by atoms with E-state index in [1.54, 1.807) is 7.11 Å². The van der Waals surface area contributed by atoms with Crippen molar-refractivity contribution in [2.45, 2.75) is 39.2 Å². The summed E-state index contributed by atoms with van der Waals surface area (Å²) in [5, 5.41) is 2.64. The molecule has 0 bridgehead atoms. The van der Waals surface area contributed by atoms with E-state index in [2.05, 4.69) is 43.0 Å². The van der Waals surface area contributed by atoms with Crippen LogP contribution in [0.15, 0.2) is 54.6 Å². The van der Waals surface area contributed by atoms with Crippen LogP contribution in [0, 0.1) is 5.92 Å². The summed E-state index contributed by atoms with van der Waals surface area (Å²) in [7, 11) is 1.62. The Bertz CT molecular complexity index is 1180. The third-order valence-corrected chi connectivity index (χ3v) is 7.20. The number of halogens is 2. The molecule has 0 saturated carbocycles. The summed E-state index contributed by atoms with van der Waals surface area (Å²) < 4.78 is 17.0. The van der Waals surface area contributed by atoms with Crippen LogP contribution >= 0.6 is 24.0 Å². The Morgan fingerprint density at radius 3 is 2.57 bits per heavy atom. The molecule has 1 heterocycles. The fourth-order valence-electron chi connectivity index (χ4n) is 4.71. The zero-order valence-electron chi connectivity index (χ0n) is 22.0. The van der Waals surface area contributed by atoms with Gasteiger partial charge in [-0.05, 0) is 53.5 Å². The molecule has 200 valence electrons. The highest BCUT2D eigenvalue weighted by atomic mass is 35.5. The second-order valence-electron chi connectivity index (χ2n) is 9.95. The minimum atomic E-state index is -0.279. The van der Waals surface area contributed by atoms with E-state index in [9.17, 15) is 4.79 Å². The molecule has 1 aliphatic heterocycles. The second-order valence-corrected chi connectivity index (χ2v) is 10.3. The average molecular weight is 547 g/mol. The Balaban J connectivity index is 0.00000380. The third kappa shape index (κ3) is 7.38. The van der Waals surface area contributed by atoms with E-state index in [4.69, 9.17) is 25.8 Å². The number of nitrogens with zero attached hydrogens (tertiary/aromatic N) is 1. The molecule has 3 aromatic carbocycles. The van der Waals surface area contributed by atoms with Crippen molar-refractivity contribution < 1.29 is 19.0 Å². The van der Waals surface area contributed by atoms with Gasteiger partial charge < -0.3 is 14.2 Å². The standard InChI is InChI=1S/C30H36ClNO4.ClH/c1-20(2)17-22-5-7-23(8-6-22)21(3)30(33)36-16-14-32-13-15-35-28(19-32)25-9-11-26-24(18-25)10-12-27(34-4)29(26)31;/h5-12,18,20-21,28H,13-17,19H2,1-4H3;1H. The average Bonchev–Trinajstić information content (AvgIpc) is 2.88. The van der Waals surface area contributed by atoms with Gasteiger partial charge in [-0.3, -0.25) is 9.69 Å². The van der Waals surface area contributed by atoms with Gasteiger partial charge in [0.25, 0.3) is 0 Å². The summed E-state index contributed by atoms with van der Waals surface area (Å²) in [4.78, 5) is 14.9. The van der Waals surface area contributed by atoms with Crippen molar-refractivity contribution in [2.75, 3.05) is 40.0 Å². The lowest BCUT2D eigenvalue weighted by molar-refractivity contribution is -0.146. The summed E-state index contributed by atoms with van der Waals surface area (Å²) in [6.45, 7) is 9.58. The lowest BCUT2D eigenvalue weighted by Crippen LogP contribution is -2.40. The first-order valence-electron chi connectivity index (χ1n) is 12.7. The molecule has 1 saturated heterocycles. The molecule has 0 N–H and O–H groups in total. The summed E-state index contributed by atoms with van der Waals surface area (Å²) in [6, 6.07) is 18.4. The molecule has 1 aliphatic rings. The summed E-state index contributed by atoms with van der Waals surface area (Å²) in [5.74, 6) is 0.822. The van der Waals surface area contributed by atoms with Crippen LogP contribution in [0.1, 0.15) is 49.5 Å². The minimum absolute atomic E-state index is 0. The van der Waals surface area contributed by atoms with Gasteiger partial charge in [-0.1, -0.05) is 67.9 Å². The van der Waals surface area contributed by atoms with Crippen LogP contribution < -0.4 is 4.74 Å². The zero-order valence-corrected chi connectivity index (χ0v) is 23.6. The van der Waals surface area contributed by atoms with Gasteiger partial charge in [0.1, 0.15) is 12.4 Å². The van der Waals surface area contributed by atoms with Gasteiger partial charge in [0.2, 0.25) is 0 Å². The molecule has 1 fully saturated rings. The van der Waals surface area contributed by atoms with E-state index < -0.39 is 0 Å². The largest absolute Gasteiger partial charge is 0.495 e. The summed E-state index contributed by atoms with van der Waals surface area (Å²) >= 11 is 6.47. The van der Waals surface area contributed by atoms with Gasteiger partial charge in [0.05, 0.1) is 30.8 Å². The van der Waals surface area contributed by atoms with Gasteiger partial charge in [-0.15, -0.1) is 12.4 Å². The van der Waals surface area contributed by atoms with Crippen LogP contribution in [0.25, 0.3) is 10.8 Å². The zero-order chi connectivity index (χ0) is 25.7. The number of ether oxygens (including phenoxy) is 3. The van der Waals surface area contributed by atoms with E-state index in [0.717, 1.165) is 41.4 Å². The molecule has 4 rings (SSSR count). The summed E-state index contributed by atoms with van der Waals surface area (Å²) in [6.07, 6.45) is 1.00. The Morgan fingerprint density at radius 1 is 1.11 bits per heavy atom. The van der Waals surface area contributed by atoms with Crippen molar-refractivity contribution in [3.05, 3.63) is 76.3 Å². The molecule has 0 radical (unpaired) electrons. The Hall–Kier alpha value is -2.31. The van der Waals surface area contributed by atoms with Crippen LogP contribution in [0.2, 0.25) is 5.02 Å². The van der Waals surface area contributed by atoms with E-state index in [0.29, 0.717) is 36.4 Å². The number of hydrogen-bond acceptors (Lipinski definition) is 5. The van der Waals surface area contributed by atoms with E-state index in [1.807, 2.05) is 37.3 Å². The molecule has 2 unspecified atom stereocenters. The number of carbonyl (C=O) groups is 1. The Labute approximate surface area is 231 Å². The fourth-order valence-corrected chi connectivity index (χ4v) is 5.02. The number of fused-ring (bicyclic) bond motifs is 1. The van der Waals surface area contributed by atoms with Crippen LogP contribution in [0.4, 0.5) is 0 Å². The number of hydrogen-bond donors (Lipinski definition) is 0. The minimum Gasteiger partial charge on any atom is -0.495 e. The van der Waals surface area contributed by atoms with Crippen LogP contribution in [-0.4, -0.2) is 50.8 Å². The van der Waals surface area contributed by atoms with Gasteiger partial charge in [0.15, 0.2) is 0 Å². The van der Waals surface area contributed by atoms with E-state index in [-0.39, 0.29) is 30.4 Å². The topological polar surface area (TPSA) is 48.0 Å². The first kappa shape index (κ1) is 29.2. The van der Waals surface area contributed by atoms with Crippen molar-refractivity contribution >= 4 is 40.7 Å². The maximum atomic E-state index is 12.6. The van der Waals surface area contributed by atoms with E-state index in [1.165, 1.54) is 5.56 Å². The number of rotatable bonds is 9. The van der Waals surface area contributed by atoms with E-state index >= 15 is 0 Å². The highest BCUT2D eigenvalue weighted by molar-refractivity contribution is 6.37. The number of esters is 1. The molecule has 0 aliphatic carbocycles. The van der Waals surface area contributed by atoms with Gasteiger partial charge in [0, 0.05) is 25.0 Å². The molecular formula is C30H37Cl2NO4. The number of methoxy groups -OCH3 is 1. The van der Waals surface area contributed by atoms with Crippen molar-refractivity contribution in [1.29, 1.82) is 0 Å². The van der Waals surface area contributed by atoms with Gasteiger partial charge in [-0.25, -0.2) is 0 Å². The molecule has 5 nitrogen and oxygen atoms in total. The lowest BCUT2D eigenvalue weighted by Gasteiger charge is -2.33. The van der Waals surface area contributed by atoms with Gasteiger partial charge in [-0.2, -0.15) is 0 Å². The van der Waals surface area contributed by atoms with Crippen LogP contribution in [0.5, 0.6) is 5.75 Å². The third-order valence-electron chi connectivity index (χ3n) is 6.81. The fraction of sp³-hybridized carbons (Fsp3) is 0.433. The molecule has 0 amide bonds. The SMILES string of the molecule is COc1ccc2cc(C3CN(CCOC(=O)C(C)c4ccc(CC(C)C)cc4)CCO3)ccc2c1Cl.Cl. The van der Waals surface area contributed by atoms with Crippen LogP contribution in [0.3, 0.4) is 0 Å². The molecule has 2 atom stereocenters. The monoisotopic (exact) mass is 545 g/mol. The normalized spacial score (nSPS) is 16.9. The second kappa shape index (κ2) is 13.5. The van der Waals surface area contributed by atoms with Crippen molar-refractivity contribution in [1.82, 2.24) is 4.90 Å². The Morgan fingerprint density at radius 2 is 1.86 bits per heavy atom. The Kier molecular flexibility index (Phi) is 10.7. The molecular weight excluding hydrogens is 509 g/mol.